The molecule has 1 fully saturated rings. The highest BCUT2D eigenvalue weighted by molar-refractivity contribution is 7.99. The van der Waals surface area contributed by atoms with Crippen LogP contribution in [0.1, 0.15) is 11.1 Å². The molecule has 1 heterocycles. The summed E-state index contributed by atoms with van der Waals surface area (Å²) in [5, 5.41) is 2.97. The average Bonchev–Trinajstić information content (AvgIpc) is 2.65. The van der Waals surface area contributed by atoms with E-state index in [2.05, 4.69) is 34.5 Å². The Hall–Kier alpha value is -1.82. The summed E-state index contributed by atoms with van der Waals surface area (Å²) >= 11 is 1.63. The zero-order valence-corrected chi connectivity index (χ0v) is 15.1. The van der Waals surface area contributed by atoms with Gasteiger partial charge in [0.2, 0.25) is 5.91 Å². The fraction of sp³-hybridized carbons (Fsp3) is 0.350. The molecule has 0 radical (unpaired) electrons. The van der Waals surface area contributed by atoms with Crippen LogP contribution in [0.4, 0.5) is 5.69 Å². The first-order valence-corrected chi connectivity index (χ1v) is 9.75. The predicted octanol–water partition coefficient (Wildman–Crippen LogP) is 3.39. The molecule has 0 atom stereocenters. The van der Waals surface area contributed by atoms with Gasteiger partial charge >= 0.3 is 0 Å². The third kappa shape index (κ3) is 6.20. The van der Waals surface area contributed by atoms with E-state index in [0.717, 1.165) is 44.3 Å². The summed E-state index contributed by atoms with van der Waals surface area (Å²) < 4.78 is 5.37. The Morgan fingerprint density at radius 3 is 2.44 bits per heavy atom. The van der Waals surface area contributed by atoms with Crippen molar-refractivity contribution in [2.75, 3.05) is 37.4 Å². The van der Waals surface area contributed by atoms with Crippen LogP contribution in [0.25, 0.3) is 0 Å². The van der Waals surface area contributed by atoms with Crippen LogP contribution in [0.2, 0.25) is 0 Å². The smallest absolute Gasteiger partial charge is 0.234 e. The molecule has 2 aromatic rings. The molecule has 3 rings (SSSR count). The van der Waals surface area contributed by atoms with Gasteiger partial charge in [0.25, 0.3) is 0 Å². The molecular weight excluding hydrogens is 332 g/mol. The highest BCUT2D eigenvalue weighted by Crippen LogP contribution is 2.15. The molecule has 1 aliphatic heterocycles. The molecule has 0 bridgehead atoms. The quantitative estimate of drug-likeness (QED) is 0.826. The number of anilines is 1. The van der Waals surface area contributed by atoms with Gasteiger partial charge in [-0.2, -0.15) is 0 Å². The Morgan fingerprint density at radius 2 is 1.72 bits per heavy atom. The number of carbonyl (C=O) groups excluding carboxylic acids is 1. The molecule has 0 aliphatic carbocycles. The van der Waals surface area contributed by atoms with Crippen molar-refractivity contribution in [2.45, 2.75) is 12.3 Å². The van der Waals surface area contributed by atoms with Crippen LogP contribution in [0.15, 0.2) is 54.6 Å². The van der Waals surface area contributed by atoms with Gasteiger partial charge in [-0.25, -0.2) is 0 Å². The second-order valence-electron chi connectivity index (χ2n) is 6.11. The molecule has 1 aliphatic rings. The van der Waals surface area contributed by atoms with E-state index >= 15 is 0 Å². The van der Waals surface area contributed by atoms with Crippen LogP contribution >= 0.6 is 11.8 Å². The van der Waals surface area contributed by atoms with Crippen molar-refractivity contribution in [3.63, 3.8) is 0 Å². The van der Waals surface area contributed by atoms with Gasteiger partial charge in [0.15, 0.2) is 0 Å². The summed E-state index contributed by atoms with van der Waals surface area (Å²) in [5.74, 6) is 1.36. The first-order valence-electron chi connectivity index (χ1n) is 8.60. The molecule has 0 saturated carbocycles. The number of morpholine rings is 1. The van der Waals surface area contributed by atoms with Gasteiger partial charge in [-0.05, 0) is 23.3 Å². The highest BCUT2D eigenvalue weighted by atomic mass is 32.2. The van der Waals surface area contributed by atoms with Crippen LogP contribution in [0, 0.1) is 0 Å². The number of hydrogen-bond acceptors (Lipinski definition) is 4. The van der Waals surface area contributed by atoms with Gasteiger partial charge in [0.05, 0.1) is 19.0 Å². The largest absolute Gasteiger partial charge is 0.379 e. The first kappa shape index (κ1) is 18.0. The van der Waals surface area contributed by atoms with Crippen molar-refractivity contribution in [1.29, 1.82) is 0 Å². The lowest BCUT2D eigenvalue weighted by Crippen LogP contribution is -2.35. The number of ether oxygens (including phenoxy) is 1. The number of thioether (sulfide) groups is 1. The lowest BCUT2D eigenvalue weighted by atomic mass is 10.2. The summed E-state index contributed by atoms with van der Waals surface area (Å²) in [4.78, 5) is 14.4. The fourth-order valence-corrected chi connectivity index (χ4v) is 3.53. The normalized spacial score (nSPS) is 15.0. The van der Waals surface area contributed by atoms with E-state index in [4.69, 9.17) is 4.74 Å². The number of nitrogens with one attached hydrogen (secondary N) is 1. The standard InChI is InChI=1S/C20H24N2O2S/c23-20(16-25-15-18-4-2-1-3-5-18)21-19-8-6-17(7-9-19)14-22-10-12-24-13-11-22/h1-9H,10-16H2,(H,21,23). The van der Waals surface area contributed by atoms with Crippen molar-refractivity contribution < 1.29 is 9.53 Å². The van der Waals surface area contributed by atoms with Crippen LogP contribution in [0.3, 0.4) is 0 Å². The van der Waals surface area contributed by atoms with Gasteiger partial charge in [-0.3, -0.25) is 9.69 Å². The van der Waals surface area contributed by atoms with Crippen molar-refractivity contribution in [1.82, 2.24) is 4.90 Å². The van der Waals surface area contributed by atoms with Crippen molar-refractivity contribution in [3.05, 3.63) is 65.7 Å². The van der Waals surface area contributed by atoms with Crippen LogP contribution < -0.4 is 5.32 Å². The Balaban J connectivity index is 1.40. The van der Waals surface area contributed by atoms with E-state index in [1.54, 1.807) is 11.8 Å². The molecule has 1 N–H and O–H groups in total. The molecule has 132 valence electrons. The lowest BCUT2D eigenvalue weighted by Gasteiger charge is -2.26. The summed E-state index contributed by atoms with van der Waals surface area (Å²) in [6, 6.07) is 18.3. The van der Waals surface area contributed by atoms with Crippen molar-refractivity contribution >= 4 is 23.4 Å². The molecule has 0 spiro atoms. The molecule has 4 nitrogen and oxygen atoms in total. The minimum Gasteiger partial charge on any atom is -0.379 e. The topological polar surface area (TPSA) is 41.6 Å². The van der Waals surface area contributed by atoms with Gasteiger partial charge in [-0.15, -0.1) is 11.8 Å². The van der Waals surface area contributed by atoms with E-state index < -0.39 is 0 Å². The Bertz CT molecular complexity index is 655. The van der Waals surface area contributed by atoms with Gasteiger partial charge in [0.1, 0.15) is 0 Å². The van der Waals surface area contributed by atoms with Gasteiger partial charge in [0, 0.05) is 31.1 Å². The van der Waals surface area contributed by atoms with Crippen molar-refractivity contribution in [3.8, 4) is 0 Å². The Labute approximate surface area is 153 Å². The van der Waals surface area contributed by atoms with E-state index in [1.807, 2.05) is 30.3 Å². The minimum atomic E-state index is 0.0434. The average molecular weight is 356 g/mol. The number of benzene rings is 2. The third-order valence-corrected chi connectivity index (χ3v) is 5.10. The van der Waals surface area contributed by atoms with E-state index in [-0.39, 0.29) is 5.91 Å². The van der Waals surface area contributed by atoms with Gasteiger partial charge < -0.3 is 10.1 Å². The lowest BCUT2D eigenvalue weighted by molar-refractivity contribution is -0.113. The summed E-state index contributed by atoms with van der Waals surface area (Å²) in [6.45, 7) is 4.53. The highest BCUT2D eigenvalue weighted by Gasteiger charge is 2.10. The maximum atomic E-state index is 12.1. The zero-order chi connectivity index (χ0) is 17.3. The van der Waals surface area contributed by atoms with Crippen LogP contribution in [-0.4, -0.2) is 42.9 Å². The molecule has 2 aromatic carbocycles. The summed E-state index contributed by atoms with van der Waals surface area (Å²) in [6.07, 6.45) is 0. The third-order valence-electron chi connectivity index (χ3n) is 4.09. The summed E-state index contributed by atoms with van der Waals surface area (Å²) in [5.41, 5.74) is 3.36. The second-order valence-corrected chi connectivity index (χ2v) is 7.10. The van der Waals surface area contributed by atoms with E-state index in [1.165, 1.54) is 11.1 Å². The number of carbonyl (C=O) groups is 1. The maximum absolute atomic E-state index is 12.1. The number of amides is 1. The molecular formula is C20H24N2O2S. The molecule has 0 aromatic heterocycles. The molecule has 1 saturated heterocycles. The Morgan fingerprint density at radius 1 is 1.00 bits per heavy atom. The van der Waals surface area contributed by atoms with Crippen molar-refractivity contribution in [2.24, 2.45) is 0 Å². The summed E-state index contributed by atoms with van der Waals surface area (Å²) in [7, 11) is 0. The van der Waals surface area contributed by atoms with E-state index in [0.29, 0.717) is 5.75 Å². The predicted molar refractivity (Wildman–Crippen MR) is 104 cm³/mol. The fourth-order valence-electron chi connectivity index (χ4n) is 2.74. The minimum absolute atomic E-state index is 0.0434. The molecule has 1 amide bonds. The Kier molecular flexibility index (Phi) is 6.91. The maximum Gasteiger partial charge on any atom is 0.234 e. The molecule has 5 heteroatoms. The number of nitrogens with zero attached hydrogens (tertiary/aromatic N) is 1. The first-order chi connectivity index (χ1) is 12.3. The van der Waals surface area contributed by atoms with E-state index in [9.17, 15) is 4.79 Å². The van der Waals surface area contributed by atoms with Crippen LogP contribution in [0.5, 0.6) is 0 Å². The SMILES string of the molecule is O=C(CSCc1ccccc1)Nc1ccc(CN2CCOCC2)cc1. The van der Waals surface area contributed by atoms with Crippen LogP contribution in [-0.2, 0) is 21.8 Å². The number of rotatable bonds is 7. The zero-order valence-electron chi connectivity index (χ0n) is 14.3. The monoisotopic (exact) mass is 356 g/mol. The van der Waals surface area contributed by atoms with Gasteiger partial charge in [-0.1, -0.05) is 42.5 Å². The molecule has 0 unspecified atom stereocenters. The molecule has 25 heavy (non-hydrogen) atoms. The number of hydrogen-bond donors (Lipinski definition) is 1. The second kappa shape index (κ2) is 9.61.